The van der Waals surface area contributed by atoms with Crippen molar-refractivity contribution >= 4 is 5.91 Å². The van der Waals surface area contributed by atoms with Crippen LogP contribution in [0.1, 0.15) is 40.4 Å². The van der Waals surface area contributed by atoms with Crippen molar-refractivity contribution in [1.29, 1.82) is 0 Å². The van der Waals surface area contributed by atoms with Crippen molar-refractivity contribution in [3.05, 3.63) is 34.9 Å². The molecule has 7 heteroatoms. The van der Waals surface area contributed by atoms with E-state index >= 15 is 0 Å². The lowest BCUT2D eigenvalue weighted by Crippen LogP contribution is -2.41. The minimum atomic E-state index is -0.00771. The van der Waals surface area contributed by atoms with Crippen LogP contribution < -0.4 is 0 Å². The quantitative estimate of drug-likeness (QED) is 0.906. The van der Waals surface area contributed by atoms with Crippen molar-refractivity contribution in [2.24, 2.45) is 5.92 Å². The molecule has 2 aromatic rings. The van der Waals surface area contributed by atoms with Crippen LogP contribution in [0.4, 0.5) is 0 Å². The Kier molecular flexibility index (Phi) is 4.99. The van der Waals surface area contributed by atoms with Crippen molar-refractivity contribution in [2.75, 3.05) is 26.8 Å². The van der Waals surface area contributed by atoms with Gasteiger partial charge < -0.3 is 9.64 Å². The highest BCUT2D eigenvalue weighted by Crippen LogP contribution is 2.18. The van der Waals surface area contributed by atoms with Crippen molar-refractivity contribution in [3.8, 4) is 0 Å². The Morgan fingerprint density at radius 1 is 1.42 bits per heavy atom. The first-order valence-electron chi connectivity index (χ1n) is 8.40. The lowest BCUT2D eigenvalue weighted by molar-refractivity contribution is 0.0565. The third-order valence-corrected chi connectivity index (χ3v) is 4.48. The van der Waals surface area contributed by atoms with Crippen LogP contribution >= 0.6 is 0 Å². The third kappa shape index (κ3) is 3.67. The summed E-state index contributed by atoms with van der Waals surface area (Å²) in [6.45, 7) is 6.81. The van der Waals surface area contributed by atoms with Gasteiger partial charge in [-0.05, 0) is 44.7 Å². The molecular weight excluding hydrogens is 306 g/mol. The van der Waals surface area contributed by atoms with Gasteiger partial charge in [0.05, 0.1) is 24.5 Å². The fraction of sp³-hybridized carbons (Fsp3) is 0.588. The Balaban J connectivity index is 1.66. The van der Waals surface area contributed by atoms with E-state index in [1.165, 1.54) is 0 Å². The molecule has 1 saturated heterocycles. The molecule has 0 bridgehead atoms. The minimum absolute atomic E-state index is 0.00771. The summed E-state index contributed by atoms with van der Waals surface area (Å²) in [4.78, 5) is 14.6. The molecule has 3 rings (SSSR count). The average Bonchev–Trinajstić information content (AvgIpc) is 3.14. The zero-order chi connectivity index (χ0) is 17.1. The van der Waals surface area contributed by atoms with E-state index in [4.69, 9.17) is 4.74 Å². The lowest BCUT2D eigenvalue weighted by atomic mass is 9.99. The van der Waals surface area contributed by atoms with Crippen LogP contribution in [0.2, 0.25) is 0 Å². The number of aromatic amines is 1. The number of aromatic nitrogens is 4. The monoisotopic (exact) mass is 331 g/mol. The normalized spacial score (nSPS) is 18.1. The zero-order valence-corrected chi connectivity index (χ0v) is 14.6. The van der Waals surface area contributed by atoms with Crippen LogP contribution in [0.15, 0.2) is 12.1 Å². The van der Waals surface area contributed by atoms with Gasteiger partial charge >= 0.3 is 0 Å². The molecule has 0 aromatic carbocycles. The summed E-state index contributed by atoms with van der Waals surface area (Å²) in [7, 11) is 1.71. The number of nitrogens with zero attached hydrogens (tertiary/aromatic N) is 4. The SMILES string of the molecule is COCC1CCCN(C(=O)c2cc(Cn3nc(C)cc3C)[nH]n2)C1. The van der Waals surface area contributed by atoms with Crippen molar-refractivity contribution in [3.63, 3.8) is 0 Å². The van der Waals surface area contributed by atoms with E-state index < -0.39 is 0 Å². The Labute approximate surface area is 142 Å². The summed E-state index contributed by atoms with van der Waals surface area (Å²) >= 11 is 0. The van der Waals surface area contributed by atoms with Crippen molar-refractivity contribution < 1.29 is 9.53 Å². The first kappa shape index (κ1) is 16.7. The second-order valence-electron chi connectivity index (χ2n) is 6.58. The van der Waals surface area contributed by atoms with Crippen molar-refractivity contribution in [2.45, 2.75) is 33.2 Å². The Bertz CT molecular complexity index is 704. The predicted octanol–water partition coefficient (Wildman–Crippen LogP) is 1.77. The second-order valence-corrected chi connectivity index (χ2v) is 6.58. The van der Waals surface area contributed by atoms with Gasteiger partial charge in [0.2, 0.25) is 0 Å². The van der Waals surface area contributed by atoms with Gasteiger partial charge in [-0.3, -0.25) is 14.6 Å². The largest absolute Gasteiger partial charge is 0.384 e. The number of aryl methyl sites for hydroxylation is 2. The zero-order valence-electron chi connectivity index (χ0n) is 14.6. The van der Waals surface area contributed by atoms with Crippen LogP contribution in [0, 0.1) is 19.8 Å². The molecular formula is C17H25N5O2. The van der Waals surface area contributed by atoms with Gasteiger partial charge in [0.15, 0.2) is 0 Å². The molecule has 1 aliphatic heterocycles. The maximum absolute atomic E-state index is 12.7. The molecule has 0 saturated carbocycles. The van der Waals surface area contributed by atoms with E-state index in [1.54, 1.807) is 7.11 Å². The molecule has 1 fully saturated rings. The number of carbonyl (C=O) groups is 1. The Morgan fingerprint density at radius 2 is 2.25 bits per heavy atom. The van der Waals surface area contributed by atoms with Gasteiger partial charge in [-0.25, -0.2) is 0 Å². The minimum Gasteiger partial charge on any atom is -0.384 e. The van der Waals surface area contributed by atoms with Crippen LogP contribution in [-0.2, 0) is 11.3 Å². The number of ether oxygens (including phenoxy) is 1. The number of hydrogen-bond donors (Lipinski definition) is 1. The molecule has 1 amide bonds. The van der Waals surface area contributed by atoms with Gasteiger partial charge in [-0.15, -0.1) is 0 Å². The first-order valence-corrected chi connectivity index (χ1v) is 8.40. The fourth-order valence-electron chi connectivity index (χ4n) is 3.33. The van der Waals surface area contributed by atoms with Crippen molar-refractivity contribution in [1.82, 2.24) is 24.9 Å². The highest BCUT2D eigenvalue weighted by molar-refractivity contribution is 5.92. The summed E-state index contributed by atoms with van der Waals surface area (Å²) < 4.78 is 7.14. The number of likely N-dealkylation sites (tertiary alicyclic amines) is 1. The molecule has 3 heterocycles. The van der Waals surface area contributed by atoms with Gasteiger partial charge in [-0.2, -0.15) is 10.2 Å². The van der Waals surface area contributed by atoms with Gasteiger partial charge in [0.1, 0.15) is 5.69 Å². The Hall–Kier alpha value is -2.15. The molecule has 1 aliphatic rings. The highest BCUT2D eigenvalue weighted by Gasteiger charge is 2.25. The highest BCUT2D eigenvalue weighted by atomic mass is 16.5. The molecule has 24 heavy (non-hydrogen) atoms. The Morgan fingerprint density at radius 3 is 2.96 bits per heavy atom. The number of amides is 1. The summed E-state index contributed by atoms with van der Waals surface area (Å²) in [5.41, 5.74) is 3.44. The number of carbonyl (C=O) groups excluding carboxylic acids is 1. The molecule has 2 aromatic heterocycles. The number of rotatable bonds is 5. The number of piperidine rings is 1. The molecule has 130 valence electrons. The van der Waals surface area contributed by atoms with Crippen LogP contribution in [-0.4, -0.2) is 57.6 Å². The smallest absolute Gasteiger partial charge is 0.274 e. The van der Waals surface area contributed by atoms with E-state index in [9.17, 15) is 4.79 Å². The molecule has 1 unspecified atom stereocenters. The summed E-state index contributed by atoms with van der Waals surface area (Å²) in [6.07, 6.45) is 2.13. The topological polar surface area (TPSA) is 76.0 Å². The van der Waals surface area contributed by atoms with Gasteiger partial charge in [0.25, 0.3) is 5.91 Å². The lowest BCUT2D eigenvalue weighted by Gasteiger charge is -2.31. The number of H-pyrrole nitrogens is 1. The number of nitrogens with one attached hydrogen (secondary N) is 1. The van der Waals surface area contributed by atoms with E-state index in [-0.39, 0.29) is 5.91 Å². The molecule has 0 spiro atoms. The molecule has 1 N–H and O–H groups in total. The maximum Gasteiger partial charge on any atom is 0.274 e. The average molecular weight is 331 g/mol. The maximum atomic E-state index is 12.7. The second kappa shape index (κ2) is 7.17. The molecule has 0 radical (unpaired) electrons. The van der Waals surface area contributed by atoms with Gasteiger partial charge in [-0.1, -0.05) is 0 Å². The summed E-state index contributed by atoms with van der Waals surface area (Å²) in [6, 6.07) is 3.87. The van der Waals surface area contributed by atoms with Crippen LogP contribution in [0.3, 0.4) is 0 Å². The van der Waals surface area contributed by atoms with Crippen LogP contribution in [0.25, 0.3) is 0 Å². The molecule has 7 nitrogen and oxygen atoms in total. The number of hydrogen-bond acceptors (Lipinski definition) is 4. The molecule has 0 aliphatic carbocycles. The van der Waals surface area contributed by atoms with Crippen LogP contribution in [0.5, 0.6) is 0 Å². The van der Waals surface area contributed by atoms with E-state index in [2.05, 4.69) is 15.3 Å². The predicted molar refractivity (Wildman–Crippen MR) is 89.9 cm³/mol. The molecule has 1 atom stereocenters. The van der Waals surface area contributed by atoms with Gasteiger partial charge in [0, 0.05) is 25.9 Å². The van der Waals surface area contributed by atoms with E-state index in [1.807, 2.05) is 35.6 Å². The first-order chi connectivity index (χ1) is 11.6. The summed E-state index contributed by atoms with van der Waals surface area (Å²) in [5.74, 6) is 0.410. The fourth-order valence-corrected chi connectivity index (χ4v) is 3.33. The third-order valence-electron chi connectivity index (χ3n) is 4.48. The number of methoxy groups -OCH3 is 1. The standard InChI is InChI=1S/C17H25N5O2/c1-12-7-13(2)22(20-12)10-15-8-16(19-18-15)17(23)21-6-4-5-14(9-21)11-24-3/h7-8,14H,4-6,9-11H2,1-3H3,(H,18,19). The van der Waals surface area contributed by atoms with E-state index in [0.717, 1.165) is 43.0 Å². The van der Waals surface area contributed by atoms with E-state index in [0.29, 0.717) is 24.8 Å². The summed E-state index contributed by atoms with van der Waals surface area (Å²) in [5, 5.41) is 11.6.